The number of allylic oxidation sites excluding steroid dienone is 5. The molecule has 0 heterocycles. The van der Waals surface area contributed by atoms with Gasteiger partial charge < -0.3 is 19.8 Å². The number of hydrogen-bond acceptors (Lipinski definition) is 5. The molecule has 3 atom stereocenters. The Hall–Kier alpha value is -1.28. The van der Waals surface area contributed by atoms with E-state index in [1.807, 2.05) is 27.2 Å². The Morgan fingerprint density at radius 2 is 0.917 bits per heavy atom. The van der Waals surface area contributed by atoms with Crippen molar-refractivity contribution in [3.63, 3.8) is 0 Å². The Morgan fingerprint density at radius 3 is 1.33 bits per heavy atom. The number of phosphoric ester groups is 1. The highest BCUT2D eigenvalue weighted by molar-refractivity contribution is 7.47. The highest BCUT2D eigenvalue weighted by Crippen LogP contribution is 2.43. The predicted octanol–water partition coefficient (Wildman–Crippen LogP) is 14.6. The van der Waals surface area contributed by atoms with Crippen LogP contribution < -0.4 is 5.32 Å². The molecule has 1 amide bonds. The number of rotatable bonds is 46. The van der Waals surface area contributed by atoms with Crippen LogP contribution in [-0.4, -0.2) is 73.4 Å². The highest BCUT2D eigenvalue weighted by atomic mass is 31.2. The molecule has 0 fully saturated rings. The van der Waals surface area contributed by atoms with E-state index in [2.05, 4.69) is 43.5 Å². The van der Waals surface area contributed by atoms with Crippen LogP contribution in [0.3, 0.4) is 0 Å². The Labute approximate surface area is 372 Å². The van der Waals surface area contributed by atoms with Gasteiger partial charge in [0, 0.05) is 6.42 Å². The van der Waals surface area contributed by atoms with E-state index in [9.17, 15) is 19.4 Å². The average Bonchev–Trinajstić information content (AvgIpc) is 3.20. The summed E-state index contributed by atoms with van der Waals surface area (Å²) < 4.78 is 23.6. The molecule has 0 bridgehead atoms. The fourth-order valence-electron chi connectivity index (χ4n) is 7.31. The monoisotopic (exact) mass is 868 g/mol. The lowest BCUT2D eigenvalue weighted by atomic mass is 10.0. The van der Waals surface area contributed by atoms with Gasteiger partial charge in [0.1, 0.15) is 13.2 Å². The summed E-state index contributed by atoms with van der Waals surface area (Å²) >= 11 is 0. The zero-order valence-corrected chi connectivity index (χ0v) is 41.1. The Kier molecular flexibility index (Phi) is 42.1. The lowest BCUT2D eigenvalue weighted by Gasteiger charge is -2.25. The number of aliphatic hydroxyl groups excluding tert-OH is 1. The second-order valence-electron chi connectivity index (χ2n) is 18.5. The van der Waals surface area contributed by atoms with Crippen molar-refractivity contribution in [3.05, 3.63) is 36.5 Å². The number of aliphatic hydroxyl groups is 1. The summed E-state index contributed by atoms with van der Waals surface area (Å²) in [6.45, 7) is 4.78. The minimum Gasteiger partial charge on any atom is -0.387 e. The third kappa shape index (κ3) is 44.8. The van der Waals surface area contributed by atoms with Gasteiger partial charge in [-0.05, 0) is 44.9 Å². The van der Waals surface area contributed by atoms with Gasteiger partial charge >= 0.3 is 7.82 Å². The largest absolute Gasteiger partial charge is 0.472 e. The number of quaternary nitrogens is 1. The molecular formula is C51H100N2O6P+. The minimum absolute atomic E-state index is 0.0547. The molecule has 0 aromatic carbocycles. The van der Waals surface area contributed by atoms with Gasteiger partial charge in [-0.1, -0.05) is 217 Å². The molecule has 0 saturated carbocycles. The molecule has 0 saturated heterocycles. The molecule has 0 radical (unpaired) electrons. The van der Waals surface area contributed by atoms with Gasteiger partial charge in [-0.2, -0.15) is 0 Å². The fourth-order valence-corrected chi connectivity index (χ4v) is 8.05. The molecule has 3 unspecified atom stereocenters. The van der Waals surface area contributed by atoms with Gasteiger partial charge in [-0.3, -0.25) is 13.8 Å². The smallest absolute Gasteiger partial charge is 0.387 e. The van der Waals surface area contributed by atoms with Crippen molar-refractivity contribution in [2.24, 2.45) is 0 Å². The predicted molar refractivity (Wildman–Crippen MR) is 258 cm³/mol. The molecule has 60 heavy (non-hydrogen) atoms. The first-order chi connectivity index (χ1) is 29.0. The summed E-state index contributed by atoms with van der Waals surface area (Å²) in [7, 11) is 1.55. The van der Waals surface area contributed by atoms with Crippen molar-refractivity contribution in [1.82, 2.24) is 5.32 Å². The highest BCUT2D eigenvalue weighted by Gasteiger charge is 2.27. The van der Waals surface area contributed by atoms with Gasteiger partial charge in [0.15, 0.2) is 0 Å². The molecule has 354 valence electrons. The van der Waals surface area contributed by atoms with Crippen LogP contribution in [0.15, 0.2) is 36.5 Å². The van der Waals surface area contributed by atoms with E-state index in [4.69, 9.17) is 9.05 Å². The number of nitrogens with zero attached hydrogens (tertiary/aromatic N) is 1. The van der Waals surface area contributed by atoms with Crippen LogP contribution in [-0.2, 0) is 18.4 Å². The molecule has 9 heteroatoms. The van der Waals surface area contributed by atoms with E-state index in [-0.39, 0.29) is 19.1 Å². The van der Waals surface area contributed by atoms with Crippen LogP contribution >= 0.6 is 7.82 Å². The normalized spacial score (nSPS) is 14.4. The topological polar surface area (TPSA) is 105 Å². The third-order valence-electron chi connectivity index (χ3n) is 11.3. The van der Waals surface area contributed by atoms with Gasteiger partial charge in [0.25, 0.3) is 0 Å². The second-order valence-corrected chi connectivity index (χ2v) is 20.0. The van der Waals surface area contributed by atoms with E-state index in [1.54, 1.807) is 6.08 Å². The van der Waals surface area contributed by atoms with Crippen molar-refractivity contribution in [3.8, 4) is 0 Å². The zero-order valence-electron chi connectivity index (χ0n) is 40.2. The summed E-state index contributed by atoms with van der Waals surface area (Å²) in [6.07, 6.45) is 53.8. The van der Waals surface area contributed by atoms with Crippen LogP contribution in [0, 0.1) is 0 Å². The van der Waals surface area contributed by atoms with Gasteiger partial charge in [0.05, 0.1) is 39.9 Å². The van der Waals surface area contributed by atoms with E-state index in [1.165, 1.54) is 167 Å². The molecule has 0 aromatic rings. The van der Waals surface area contributed by atoms with Gasteiger partial charge in [-0.15, -0.1) is 0 Å². The molecule has 0 aliphatic carbocycles. The summed E-state index contributed by atoms with van der Waals surface area (Å²) in [6, 6.07) is -0.866. The Morgan fingerprint density at radius 1 is 0.550 bits per heavy atom. The number of phosphoric acid groups is 1. The Bertz CT molecular complexity index is 1070. The maximum absolute atomic E-state index is 12.9. The molecule has 0 aromatic heterocycles. The van der Waals surface area contributed by atoms with Gasteiger partial charge in [-0.25, -0.2) is 4.57 Å². The van der Waals surface area contributed by atoms with Crippen LogP contribution in [0.25, 0.3) is 0 Å². The molecule has 0 aliphatic heterocycles. The lowest BCUT2D eigenvalue weighted by Crippen LogP contribution is -2.45. The van der Waals surface area contributed by atoms with Crippen LogP contribution in [0.1, 0.15) is 232 Å². The van der Waals surface area contributed by atoms with Crippen LogP contribution in [0.5, 0.6) is 0 Å². The molecule has 3 N–H and O–H groups in total. The number of likely N-dealkylation sites (N-methyl/N-ethyl adjacent to an activating group) is 1. The SMILES string of the molecule is CCCCCC/C=C/CC/C=C/CC/C=C/C(O)C(COP(=O)(O)OCC[N+](C)(C)C)NC(=O)CCCCCCCCCCCCCCCCCCCCCCCCCC. The van der Waals surface area contributed by atoms with E-state index >= 15 is 0 Å². The molecule has 0 spiro atoms. The number of carbonyl (C=O) groups is 1. The quantitative estimate of drug-likeness (QED) is 0.0244. The number of amides is 1. The molecule has 0 rings (SSSR count). The van der Waals surface area contributed by atoms with Crippen LogP contribution in [0.4, 0.5) is 0 Å². The third-order valence-corrected chi connectivity index (χ3v) is 12.3. The average molecular weight is 868 g/mol. The number of nitrogens with one attached hydrogen (secondary N) is 1. The fraction of sp³-hybridized carbons (Fsp3) is 0.863. The van der Waals surface area contributed by atoms with E-state index < -0.39 is 20.0 Å². The first-order valence-electron chi connectivity index (χ1n) is 25.4. The number of hydrogen-bond donors (Lipinski definition) is 3. The zero-order chi connectivity index (χ0) is 44.3. The summed E-state index contributed by atoms with van der Waals surface area (Å²) in [5.74, 6) is -0.188. The second kappa shape index (κ2) is 43.0. The summed E-state index contributed by atoms with van der Waals surface area (Å²) in [5, 5.41) is 13.8. The van der Waals surface area contributed by atoms with Crippen molar-refractivity contribution in [1.29, 1.82) is 0 Å². The van der Waals surface area contributed by atoms with E-state index in [0.29, 0.717) is 17.4 Å². The first kappa shape index (κ1) is 58.7. The van der Waals surface area contributed by atoms with Crippen molar-refractivity contribution < 1.29 is 32.9 Å². The first-order valence-corrected chi connectivity index (χ1v) is 26.9. The maximum Gasteiger partial charge on any atom is 0.472 e. The summed E-state index contributed by atoms with van der Waals surface area (Å²) in [4.78, 5) is 23.2. The number of carbonyl (C=O) groups excluding carboxylic acids is 1. The minimum atomic E-state index is -4.35. The van der Waals surface area contributed by atoms with Crippen molar-refractivity contribution >= 4 is 13.7 Å². The van der Waals surface area contributed by atoms with E-state index in [0.717, 1.165) is 44.9 Å². The summed E-state index contributed by atoms with van der Waals surface area (Å²) in [5.41, 5.74) is 0. The van der Waals surface area contributed by atoms with Gasteiger partial charge in [0.2, 0.25) is 5.91 Å². The molecular weight excluding hydrogens is 768 g/mol. The molecule has 8 nitrogen and oxygen atoms in total. The van der Waals surface area contributed by atoms with Crippen molar-refractivity contribution in [2.45, 2.75) is 244 Å². The molecule has 0 aliphatic rings. The number of unbranched alkanes of at least 4 members (excludes halogenated alkanes) is 29. The Balaban J connectivity index is 4.25. The van der Waals surface area contributed by atoms with Crippen molar-refractivity contribution in [2.75, 3.05) is 40.9 Å². The maximum atomic E-state index is 12.9. The standard InChI is InChI=1S/C51H99N2O6P/c1-6-8-10-12-14-16-18-20-22-23-24-25-26-27-28-29-30-31-33-35-37-39-41-43-45-51(55)52-49(48-59-60(56,57)58-47-46-53(3,4)5)50(54)44-42-40-38-36-34-32-21-19-17-15-13-11-9-7-2/h17,19,34,36,42,44,49-50,54H,6-16,18,20-33,35,37-41,43,45-48H2,1-5H3,(H-,52,55,56,57)/p+1/b19-17+,36-34+,44-42+. The van der Waals surface area contributed by atoms with Crippen LogP contribution in [0.2, 0.25) is 0 Å². The lowest BCUT2D eigenvalue weighted by molar-refractivity contribution is -0.870.